The number of carbonyl (C=O) groups is 1. The minimum atomic E-state index is -3.48. The van der Waals surface area contributed by atoms with Crippen molar-refractivity contribution in [1.29, 1.82) is 0 Å². The summed E-state index contributed by atoms with van der Waals surface area (Å²) in [7, 11) is -3.66. The second-order valence-electron chi connectivity index (χ2n) is 8.17. The van der Waals surface area contributed by atoms with Gasteiger partial charge in [-0.2, -0.15) is 4.31 Å². The van der Waals surface area contributed by atoms with E-state index < -0.39 is 30.1 Å². The Hall–Kier alpha value is -1.44. The number of nitrogens with zero attached hydrogens (tertiary/aromatic N) is 1. The van der Waals surface area contributed by atoms with Gasteiger partial charge in [0.25, 0.3) is 0 Å². The molecule has 2 rings (SSSR count). The standard InChI is InChI=1S/C19H29NO4SSi/c1-14-11-15(2)13-16(12-14)18-17(19(21)24-3)7-8-20(18)25(22,23)9-10-26(4,5)6/h7,11-13,18H,8-10H2,1-6H3. The van der Waals surface area contributed by atoms with Crippen molar-refractivity contribution >= 4 is 24.1 Å². The third kappa shape index (κ3) is 4.84. The molecule has 0 fully saturated rings. The number of aryl methyl sites for hydroxylation is 2. The highest BCUT2D eigenvalue weighted by Gasteiger charge is 2.40. The number of hydrogen-bond donors (Lipinski definition) is 0. The summed E-state index contributed by atoms with van der Waals surface area (Å²) in [4.78, 5) is 12.3. The van der Waals surface area contributed by atoms with E-state index in [1.54, 1.807) is 6.08 Å². The summed E-state index contributed by atoms with van der Waals surface area (Å²) in [5.74, 6) is -0.358. The lowest BCUT2D eigenvalue weighted by molar-refractivity contribution is -0.136. The maximum Gasteiger partial charge on any atom is 0.335 e. The molecule has 0 aromatic heterocycles. The molecular weight excluding hydrogens is 366 g/mol. The molecule has 26 heavy (non-hydrogen) atoms. The summed E-state index contributed by atoms with van der Waals surface area (Å²) in [6, 6.07) is 6.00. The van der Waals surface area contributed by atoms with Gasteiger partial charge in [-0.05, 0) is 25.5 Å². The average molecular weight is 396 g/mol. The van der Waals surface area contributed by atoms with Gasteiger partial charge in [0.2, 0.25) is 10.0 Å². The van der Waals surface area contributed by atoms with E-state index >= 15 is 0 Å². The van der Waals surface area contributed by atoms with Crippen LogP contribution in [0.25, 0.3) is 0 Å². The summed E-state index contributed by atoms with van der Waals surface area (Å²) in [6.45, 7) is 10.6. The average Bonchev–Trinajstić information content (AvgIpc) is 2.96. The molecule has 0 aliphatic carbocycles. The molecule has 0 radical (unpaired) electrons. The zero-order valence-electron chi connectivity index (χ0n) is 16.5. The van der Waals surface area contributed by atoms with Crippen LogP contribution in [0, 0.1) is 13.8 Å². The van der Waals surface area contributed by atoms with E-state index in [9.17, 15) is 13.2 Å². The van der Waals surface area contributed by atoms with Crippen LogP contribution in [0.5, 0.6) is 0 Å². The molecule has 5 nitrogen and oxygen atoms in total. The first-order valence-corrected chi connectivity index (χ1v) is 14.1. The Labute approximate surface area is 158 Å². The molecule has 0 bridgehead atoms. The molecule has 0 N–H and O–H groups in total. The van der Waals surface area contributed by atoms with Crippen molar-refractivity contribution in [3.8, 4) is 0 Å². The molecule has 0 amide bonds. The first-order chi connectivity index (χ1) is 11.9. The Balaban J connectivity index is 2.44. The number of methoxy groups -OCH3 is 1. The Kier molecular flexibility index (Phi) is 6.15. The highest BCUT2D eigenvalue weighted by Crippen LogP contribution is 2.37. The molecule has 1 aliphatic heterocycles. The summed E-state index contributed by atoms with van der Waals surface area (Å²) in [5, 5.41) is 0. The maximum atomic E-state index is 13.1. The monoisotopic (exact) mass is 395 g/mol. The molecule has 7 heteroatoms. The molecule has 144 valence electrons. The predicted octanol–water partition coefficient (Wildman–Crippen LogP) is 3.43. The van der Waals surface area contributed by atoms with E-state index in [0.29, 0.717) is 11.6 Å². The largest absolute Gasteiger partial charge is 0.466 e. The highest BCUT2D eigenvalue weighted by atomic mass is 32.2. The molecule has 1 atom stereocenters. The van der Waals surface area contributed by atoms with E-state index in [1.807, 2.05) is 32.0 Å². The van der Waals surface area contributed by atoms with E-state index in [2.05, 4.69) is 19.6 Å². The zero-order chi connectivity index (χ0) is 19.7. The third-order valence-electron chi connectivity index (χ3n) is 4.52. The number of esters is 1. The molecule has 1 aromatic carbocycles. The Morgan fingerprint density at radius 1 is 1.19 bits per heavy atom. The van der Waals surface area contributed by atoms with E-state index in [-0.39, 0.29) is 12.3 Å². The van der Waals surface area contributed by atoms with Crippen LogP contribution in [0.2, 0.25) is 25.7 Å². The predicted molar refractivity (Wildman–Crippen MR) is 107 cm³/mol. The lowest BCUT2D eigenvalue weighted by Gasteiger charge is -2.28. The van der Waals surface area contributed by atoms with Gasteiger partial charge < -0.3 is 4.74 Å². The lowest BCUT2D eigenvalue weighted by Crippen LogP contribution is -2.37. The summed E-state index contributed by atoms with van der Waals surface area (Å²) in [6.07, 6.45) is 1.68. The normalized spacial score (nSPS) is 18.7. The van der Waals surface area contributed by atoms with Crippen molar-refractivity contribution in [2.75, 3.05) is 19.4 Å². The number of sulfonamides is 1. The third-order valence-corrected chi connectivity index (χ3v) is 8.43. The molecule has 0 spiro atoms. The van der Waals surface area contributed by atoms with Crippen LogP contribution < -0.4 is 0 Å². The van der Waals surface area contributed by atoms with Gasteiger partial charge >= 0.3 is 5.97 Å². The molecule has 1 aromatic rings. The van der Waals surface area contributed by atoms with Crippen molar-refractivity contribution in [2.45, 2.75) is 45.6 Å². The van der Waals surface area contributed by atoms with Crippen LogP contribution in [0.15, 0.2) is 29.8 Å². The van der Waals surface area contributed by atoms with Crippen LogP contribution in [0.4, 0.5) is 0 Å². The number of ether oxygens (including phenoxy) is 1. The van der Waals surface area contributed by atoms with Gasteiger partial charge in [0.15, 0.2) is 0 Å². The van der Waals surface area contributed by atoms with Crippen molar-refractivity contribution < 1.29 is 17.9 Å². The number of carbonyl (C=O) groups excluding carboxylic acids is 1. The topological polar surface area (TPSA) is 63.7 Å². The van der Waals surface area contributed by atoms with Crippen molar-refractivity contribution in [2.24, 2.45) is 0 Å². The summed E-state index contributed by atoms with van der Waals surface area (Å²) in [5.41, 5.74) is 3.29. The number of benzene rings is 1. The smallest absolute Gasteiger partial charge is 0.335 e. The molecular formula is C19H29NO4SSi. The van der Waals surface area contributed by atoms with E-state index in [1.165, 1.54) is 11.4 Å². The minimum absolute atomic E-state index is 0.117. The zero-order valence-corrected chi connectivity index (χ0v) is 18.3. The summed E-state index contributed by atoms with van der Waals surface area (Å²) >= 11 is 0. The van der Waals surface area contributed by atoms with Gasteiger partial charge in [-0.3, -0.25) is 0 Å². The van der Waals surface area contributed by atoms with Gasteiger partial charge in [0.05, 0.1) is 24.5 Å². The van der Waals surface area contributed by atoms with Crippen LogP contribution >= 0.6 is 0 Å². The minimum Gasteiger partial charge on any atom is -0.466 e. The van der Waals surface area contributed by atoms with Crippen LogP contribution in [-0.2, 0) is 19.6 Å². The van der Waals surface area contributed by atoms with E-state index in [4.69, 9.17) is 4.74 Å². The summed E-state index contributed by atoms with van der Waals surface area (Å²) < 4.78 is 32.5. The van der Waals surface area contributed by atoms with Crippen LogP contribution in [0.3, 0.4) is 0 Å². The Bertz CT molecular complexity index is 804. The van der Waals surface area contributed by atoms with E-state index in [0.717, 1.165) is 16.7 Å². The van der Waals surface area contributed by atoms with Gasteiger partial charge in [0, 0.05) is 14.6 Å². The van der Waals surface area contributed by atoms with Crippen LogP contribution in [0.1, 0.15) is 22.7 Å². The molecule has 1 heterocycles. The first kappa shape index (κ1) is 20.9. The molecule has 1 aliphatic rings. The number of rotatable bonds is 6. The molecule has 0 saturated heterocycles. The maximum absolute atomic E-state index is 13.1. The van der Waals surface area contributed by atoms with Crippen molar-refractivity contribution in [3.05, 3.63) is 46.5 Å². The van der Waals surface area contributed by atoms with Crippen molar-refractivity contribution in [1.82, 2.24) is 4.31 Å². The van der Waals surface area contributed by atoms with Crippen molar-refractivity contribution in [3.63, 3.8) is 0 Å². The molecule has 0 saturated carbocycles. The fraction of sp³-hybridized carbons (Fsp3) is 0.526. The Morgan fingerprint density at radius 3 is 2.27 bits per heavy atom. The first-order valence-electron chi connectivity index (χ1n) is 8.81. The second kappa shape index (κ2) is 7.66. The Morgan fingerprint density at radius 2 is 1.77 bits per heavy atom. The van der Waals surface area contributed by atoms with Crippen LogP contribution in [-0.4, -0.2) is 46.2 Å². The van der Waals surface area contributed by atoms with Gasteiger partial charge in [-0.15, -0.1) is 0 Å². The van der Waals surface area contributed by atoms with Gasteiger partial charge in [-0.1, -0.05) is 55.0 Å². The second-order valence-corrected chi connectivity index (χ2v) is 15.8. The highest BCUT2D eigenvalue weighted by molar-refractivity contribution is 7.89. The van der Waals surface area contributed by atoms with Gasteiger partial charge in [-0.25, -0.2) is 13.2 Å². The van der Waals surface area contributed by atoms with Gasteiger partial charge in [0.1, 0.15) is 0 Å². The molecule has 1 unspecified atom stereocenters. The lowest BCUT2D eigenvalue weighted by atomic mass is 9.97. The number of hydrogen-bond acceptors (Lipinski definition) is 4. The fourth-order valence-corrected chi connectivity index (χ4v) is 7.79. The SMILES string of the molecule is COC(=O)C1=CCN(S(=O)(=O)CC[Si](C)(C)C)C1c1cc(C)cc(C)c1. The fourth-order valence-electron chi connectivity index (χ4n) is 3.21. The quantitative estimate of drug-likeness (QED) is 0.547.